The second kappa shape index (κ2) is 7.49. The van der Waals surface area contributed by atoms with E-state index in [0.29, 0.717) is 0 Å². The highest BCUT2D eigenvalue weighted by Crippen LogP contribution is 2.34. The fourth-order valence-electron chi connectivity index (χ4n) is 2.63. The molecule has 0 radical (unpaired) electrons. The van der Waals surface area contributed by atoms with Crippen LogP contribution in [0.3, 0.4) is 0 Å². The highest BCUT2D eigenvalue weighted by atomic mass is 32.2. The van der Waals surface area contributed by atoms with Crippen molar-refractivity contribution in [2.45, 2.75) is 18.7 Å². The number of hydrogen-bond donors (Lipinski definition) is 1. The van der Waals surface area contributed by atoms with Gasteiger partial charge >= 0.3 is 0 Å². The molecule has 0 unspecified atom stereocenters. The summed E-state index contributed by atoms with van der Waals surface area (Å²) in [4.78, 5) is 0.282. The van der Waals surface area contributed by atoms with Crippen LogP contribution < -0.4 is 15.1 Å². The van der Waals surface area contributed by atoms with Gasteiger partial charge < -0.3 is 0 Å². The summed E-state index contributed by atoms with van der Waals surface area (Å²) in [5, 5.41) is 2.04. The van der Waals surface area contributed by atoms with Gasteiger partial charge in [0, 0.05) is 8.07 Å². The fraction of sp³-hybridized carbons (Fsp3) is 0.100. The van der Waals surface area contributed by atoms with Gasteiger partial charge in [0.25, 0.3) is 0 Å². The van der Waals surface area contributed by atoms with E-state index in [4.69, 9.17) is 0 Å². The molecule has 0 atom stereocenters. The molecule has 3 nitrogen and oxygen atoms in total. The number of hydrogen-bond acceptors (Lipinski definition) is 2. The van der Waals surface area contributed by atoms with E-state index in [9.17, 15) is 8.42 Å². The summed E-state index contributed by atoms with van der Waals surface area (Å²) >= 11 is 0. The second-order valence-corrected chi connectivity index (χ2v) is 9.66. The molecule has 0 bridgehead atoms. The van der Waals surface area contributed by atoms with Crippen molar-refractivity contribution >= 4 is 28.7 Å². The van der Waals surface area contributed by atoms with Gasteiger partial charge in [-0.2, -0.15) is 4.49 Å². The first kappa shape index (κ1) is 17.8. The van der Waals surface area contributed by atoms with Crippen LogP contribution in [-0.2, 0) is 10.0 Å². The van der Waals surface area contributed by atoms with Gasteiger partial charge in [0.1, 0.15) is 0 Å². The van der Waals surface area contributed by atoms with Crippen LogP contribution in [0.1, 0.15) is 11.1 Å². The zero-order valence-electron chi connectivity index (χ0n) is 14.2. The first-order chi connectivity index (χ1) is 12.0. The van der Waals surface area contributed by atoms with Crippen molar-refractivity contribution in [3.05, 3.63) is 90.0 Å². The van der Waals surface area contributed by atoms with E-state index in [1.807, 2.05) is 68.4 Å². The molecule has 0 spiro atoms. The third kappa shape index (κ3) is 3.98. The van der Waals surface area contributed by atoms with Gasteiger partial charge in [-0.15, -0.1) is 0 Å². The lowest BCUT2D eigenvalue weighted by Crippen LogP contribution is -2.30. The van der Waals surface area contributed by atoms with E-state index in [2.05, 4.69) is 4.49 Å². The highest BCUT2D eigenvalue weighted by molar-refractivity contribution is 7.97. The number of sulfonamides is 1. The predicted molar refractivity (Wildman–Crippen MR) is 105 cm³/mol. The molecule has 0 heterocycles. The van der Waals surface area contributed by atoms with Gasteiger partial charge in [0.2, 0.25) is 10.0 Å². The summed E-state index contributed by atoms with van der Waals surface area (Å²) in [5.74, 6) is 0. The molecule has 3 aromatic carbocycles. The Labute approximate surface area is 150 Å². The minimum Gasteiger partial charge on any atom is -0.207 e. The van der Waals surface area contributed by atoms with Gasteiger partial charge in [-0.1, -0.05) is 66.7 Å². The molecule has 1 N–H and O–H groups in total. The predicted octanol–water partition coefficient (Wildman–Crippen LogP) is 3.63. The molecule has 0 saturated heterocycles. The molecule has 128 valence electrons. The average molecular weight is 369 g/mol. The topological polar surface area (TPSA) is 46.2 Å². The second-order valence-electron chi connectivity index (χ2n) is 5.82. The number of nitrogens with one attached hydrogen (secondary N) is 1. The quantitative estimate of drug-likeness (QED) is 0.698. The standard InChI is InChI=1S/C20H20NO2PS/c1-16-10-6-8-14-19(16)24(20-15-9-7-11-17(20)2)21-25(22,23)18-12-4-3-5-13-18/h3-15,21H,1-2H3. The third-order valence-corrected chi connectivity index (χ3v) is 8.53. The first-order valence-electron chi connectivity index (χ1n) is 7.98. The highest BCUT2D eigenvalue weighted by Gasteiger charge is 2.24. The number of aryl methyl sites for hydroxylation is 2. The Hall–Kier alpha value is -2.00. The first-order valence-corrected chi connectivity index (χ1v) is 10.8. The summed E-state index contributed by atoms with van der Waals surface area (Å²) in [5.41, 5.74) is 2.15. The Morgan fingerprint density at radius 2 is 1.12 bits per heavy atom. The molecule has 0 amide bonds. The van der Waals surface area contributed by atoms with E-state index in [0.717, 1.165) is 21.7 Å². The van der Waals surface area contributed by atoms with Crippen molar-refractivity contribution in [2.75, 3.05) is 0 Å². The van der Waals surface area contributed by atoms with Crippen molar-refractivity contribution in [3.8, 4) is 0 Å². The maximum absolute atomic E-state index is 12.9. The number of benzene rings is 3. The fourth-order valence-corrected chi connectivity index (χ4v) is 6.90. The maximum atomic E-state index is 12.9. The summed E-state index contributed by atoms with van der Waals surface area (Å²) in [6, 6.07) is 24.4. The molecular formula is C20H20NO2PS. The van der Waals surface area contributed by atoms with E-state index < -0.39 is 18.1 Å². The van der Waals surface area contributed by atoms with Crippen LogP contribution in [0.4, 0.5) is 0 Å². The minimum absolute atomic E-state index is 0.282. The Bertz CT molecular complexity index is 926. The summed E-state index contributed by atoms with van der Waals surface area (Å²) in [7, 11) is -4.85. The van der Waals surface area contributed by atoms with Crippen molar-refractivity contribution in [2.24, 2.45) is 0 Å². The van der Waals surface area contributed by atoms with Crippen molar-refractivity contribution < 1.29 is 8.42 Å². The van der Waals surface area contributed by atoms with Crippen LogP contribution in [0.5, 0.6) is 0 Å². The van der Waals surface area contributed by atoms with Crippen molar-refractivity contribution in [1.29, 1.82) is 0 Å². The molecule has 0 aromatic heterocycles. The minimum atomic E-state index is -3.61. The zero-order chi connectivity index (χ0) is 17.9. The average Bonchev–Trinajstić information content (AvgIpc) is 2.62. The molecule has 0 aliphatic heterocycles. The smallest absolute Gasteiger partial charge is 0.207 e. The SMILES string of the molecule is Cc1ccccc1P(NS(=O)(=O)c1ccccc1)c1ccccc1C. The zero-order valence-corrected chi connectivity index (χ0v) is 15.9. The Morgan fingerprint density at radius 3 is 1.60 bits per heavy atom. The largest absolute Gasteiger partial charge is 0.244 e. The molecule has 3 aromatic rings. The van der Waals surface area contributed by atoms with Gasteiger partial charge in [-0.3, -0.25) is 0 Å². The van der Waals surface area contributed by atoms with Gasteiger partial charge in [0.15, 0.2) is 0 Å². The van der Waals surface area contributed by atoms with Crippen LogP contribution in [-0.4, -0.2) is 8.42 Å². The normalized spacial score (nSPS) is 11.6. The summed E-state index contributed by atoms with van der Waals surface area (Å²) in [6.45, 7) is 4.03. The summed E-state index contributed by atoms with van der Waals surface area (Å²) < 4.78 is 28.8. The third-order valence-electron chi connectivity index (χ3n) is 3.98. The molecule has 3 rings (SSSR count). The maximum Gasteiger partial charge on any atom is 0.244 e. The molecular weight excluding hydrogens is 349 g/mol. The molecule has 0 aliphatic rings. The van der Waals surface area contributed by atoms with E-state index in [1.54, 1.807) is 24.3 Å². The van der Waals surface area contributed by atoms with Crippen LogP contribution in [0, 0.1) is 13.8 Å². The van der Waals surface area contributed by atoms with Gasteiger partial charge in [0.05, 0.1) is 4.90 Å². The molecule has 0 fully saturated rings. The number of rotatable bonds is 5. The molecule has 0 saturated carbocycles. The molecule has 5 heteroatoms. The van der Waals surface area contributed by atoms with Crippen LogP contribution >= 0.6 is 8.07 Å². The Morgan fingerprint density at radius 1 is 0.680 bits per heavy atom. The lowest BCUT2D eigenvalue weighted by Gasteiger charge is -2.23. The lowest BCUT2D eigenvalue weighted by molar-refractivity contribution is 0.594. The Balaban J connectivity index is 2.10. The van der Waals surface area contributed by atoms with E-state index in [-0.39, 0.29) is 4.90 Å². The van der Waals surface area contributed by atoms with Crippen LogP contribution in [0.25, 0.3) is 0 Å². The van der Waals surface area contributed by atoms with Gasteiger partial charge in [-0.05, 0) is 47.7 Å². The van der Waals surface area contributed by atoms with E-state index >= 15 is 0 Å². The molecule has 25 heavy (non-hydrogen) atoms. The summed E-state index contributed by atoms with van der Waals surface area (Å²) in [6.07, 6.45) is 0. The van der Waals surface area contributed by atoms with Crippen LogP contribution in [0.2, 0.25) is 0 Å². The van der Waals surface area contributed by atoms with Crippen molar-refractivity contribution in [1.82, 2.24) is 4.49 Å². The lowest BCUT2D eigenvalue weighted by atomic mass is 10.2. The van der Waals surface area contributed by atoms with Crippen LogP contribution in [0.15, 0.2) is 83.8 Å². The Kier molecular flexibility index (Phi) is 5.33. The monoisotopic (exact) mass is 369 g/mol. The molecule has 0 aliphatic carbocycles. The van der Waals surface area contributed by atoms with E-state index in [1.165, 1.54) is 0 Å². The van der Waals surface area contributed by atoms with Crippen molar-refractivity contribution in [3.63, 3.8) is 0 Å². The van der Waals surface area contributed by atoms with Gasteiger partial charge in [-0.25, -0.2) is 8.42 Å².